The van der Waals surface area contributed by atoms with Gasteiger partial charge in [-0.1, -0.05) is 89.3 Å². The van der Waals surface area contributed by atoms with E-state index in [1.54, 1.807) is 44.1 Å². The fraction of sp³-hybridized carbons (Fsp3) is 0.481. The second-order valence-corrected chi connectivity index (χ2v) is 21.8. The van der Waals surface area contributed by atoms with Crippen molar-refractivity contribution in [3.63, 3.8) is 0 Å². The Labute approximate surface area is 372 Å². The van der Waals surface area contributed by atoms with E-state index < -0.39 is 0 Å². The third kappa shape index (κ3) is 8.58. The summed E-state index contributed by atoms with van der Waals surface area (Å²) in [7, 11) is 0. The van der Waals surface area contributed by atoms with Crippen molar-refractivity contribution in [3.05, 3.63) is 123 Å². The Hall–Kier alpha value is -2.18. The summed E-state index contributed by atoms with van der Waals surface area (Å²) in [5.74, 6) is 3.82. The van der Waals surface area contributed by atoms with Crippen molar-refractivity contribution in [1.82, 2.24) is 0 Å². The molecule has 7 aliphatic carbocycles. The van der Waals surface area contributed by atoms with Gasteiger partial charge in [-0.3, -0.25) is 6.08 Å². The molecule has 300 valence electrons. The van der Waals surface area contributed by atoms with E-state index in [0.29, 0.717) is 11.3 Å². The van der Waals surface area contributed by atoms with E-state index in [-0.39, 0.29) is 41.1 Å². The maximum Gasteiger partial charge on any atom is 0.00178 e. The van der Waals surface area contributed by atoms with E-state index in [4.69, 9.17) is 0 Å². The number of halogens is 2. The molecule has 57 heavy (non-hydrogen) atoms. The molecule has 0 N–H and O–H groups in total. The SMILES string of the molecule is CC(C)(C)c1ccc([CH]=[Zr+2])cc1.CC1=CC(C)(C)c2cc3[cH-]c4cc5c(cc4c3cc21)C(C)=CC5(C)C.CC1=[C-]C(C)C=C1CC12CC3CC(CC(C3)C1)C2.[Cl-].[Cl-]. The van der Waals surface area contributed by atoms with E-state index in [1.165, 1.54) is 102 Å². The van der Waals surface area contributed by atoms with E-state index >= 15 is 0 Å². The zero-order valence-corrected chi connectivity index (χ0v) is 40.5. The molecular formula is C54H64Cl2Zr-2. The minimum Gasteiger partial charge on any atom is -1.00 e. The van der Waals surface area contributed by atoms with Crippen LogP contribution in [0.15, 0.2) is 84.0 Å². The summed E-state index contributed by atoms with van der Waals surface area (Å²) in [5, 5.41) is 5.57. The van der Waals surface area contributed by atoms with E-state index in [9.17, 15) is 0 Å². The van der Waals surface area contributed by atoms with Crippen LogP contribution in [0, 0.1) is 35.2 Å². The Morgan fingerprint density at radius 1 is 0.737 bits per heavy atom. The molecule has 0 aliphatic heterocycles. The van der Waals surface area contributed by atoms with E-state index in [1.807, 2.05) is 0 Å². The molecule has 0 spiro atoms. The molecule has 7 aliphatic rings. The Kier molecular flexibility index (Phi) is 12.5. The first-order valence-electron chi connectivity index (χ1n) is 21.4. The van der Waals surface area contributed by atoms with Crippen LogP contribution in [0.25, 0.3) is 32.7 Å². The van der Waals surface area contributed by atoms with Crippen molar-refractivity contribution in [2.75, 3.05) is 0 Å². The van der Waals surface area contributed by atoms with Gasteiger partial charge in [-0.2, -0.15) is 11.6 Å². The van der Waals surface area contributed by atoms with Gasteiger partial charge in [-0.05, 0) is 97.8 Å². The van der Waals surface area contributed by atoms with Gasteiger partial charge in [0.2, 0.25) is 0 Å². The molecule has 1 unspecified atom stereocenters. The Bertz CT molecular complexity index is 2180. The summed E-state index contributed by atoms with van der Waals surface area (Å²) in [6, 6.07) is 20.9. The first-order chi connectivity index (χ1) is 25.8. The summed E-state index contributed by atoms with van der Waals surface area (Å²) in [6.07, 6.45) is 21.6. The fourth-order valence-electron chi connectivity index (χ4n) is 12.3. The van der Waals surface area contributed by atoms with E-state index in [0.717, 1.165) is 17.8 Å². The Balaban J connectivity index is 0.000000152. The number of benzene rings is 3. The molecule has 1 atom stereocenters. The van der Waals surface area contributed by atoms with Gasteiger partial charge >= 0.3 is 89.5 Å². The van der Waals surface area contributed by atoms with Crippen LogP contribution < -0.4 is 24.8 Å². The molecule has 4 fully saturated rings. The van der Waals surface area contributed by atoms with Crippen LogP contribution in [0.3, 0.4) is 0 Å². The second-order valence-electron chi connectivity index (χ2n) is 21.1. The third-order valence-electron chi connectivity index (χ3n) is 14.4. The van der Waals surface area contributed by atoms with Crippen LogP contribution in [0.2, 0.25) is 0 Å². The summed E-state index contributed by atoms with van der Waals surface area (Å²) in [4.78, 5) is 0. The number of hydrogen-bond acceptors (Lipinski definition) is 0. The van der Waals surface area contributed by atoms with Crippen LogP contribution >= 0.6 is 0 Å². The molecule has 0 heterocycles. The van der Waals surface area contributed by atoms with Gasteiger partial charge in [-0.15, -0.1) is 39.7 Å². The van der Waals surface area contributed by atoms with Gasteiger partial charge in [0.15, 0.2) is 0 Å². The normalized spacial score (nSPS) is 26.8. The molecule has 0 aromatic heterocycles. The zero-order valence-electron chi connectivity index (χ0n) is 36.5. The number of allylic oxidation sites excluding steroid dienone is 8. The van der Waals surface area contributed by atoms with Crippen molar-refractivity contribution in [1.29, 1.82) is 0 Å². The van der Waals surface area contributed by atoms with Crippen LogP contribution in [0.4, 0.5) is 0 Å². The molecule has 4 saturated carbocycles. The largest absolute Gasteiger partial charge is 1.00 e. The number of fused-ring (bicyclic) bond motifs is 5. The number of rotatable bonds is 3. The summed E-state index contributed by atoms with van der Waals surface area (Å²) >= 11 is 1.46. The molecule has 0 amide bonds. The predicted octanol–water partition coefficient (Wildman–Crippen LogP) is 8.71. The topological polar surface area (TPSA) is 0 Å². The van der Waals surface area contributed by atoms with Gasteiger partial charge in [0.25, 0.3) is 0 Å². The van der Waals surface area contributed by atoms with Crippen LogP contribution in [0.5, 0.6) is 0 Å². The van der Waals surface area contributed by atoms with Gasteiger partial charge in [-0.25, -0.2) is 5.57 Å². The first-order valence-corrected chi connectivity index (χ1v) is 22.8. The third-order valence-corrected chi connectivity index (χ3v) is 15.2. The fourth-order valence-corrected chi connectivity index (χ4v) is 12.8. The zero-order chi connectivity index (χ0) is 39.2. The van der Waals surface area contributed by atoms with Crippen molar-refractivity contribution < 1.29 is 49.0 Å². The predicted molar refractivity (Wildman–Crippen MR) is 236 cm³/mol. The smallest absolute Gasteiger partial charge is 0.00178 e. The average Bonchev–Trinajstić information content (AvgIpc) is 3.75. The van der Waals surface area contributed by atoms with Crippen LogP contribution in [-0.2, 0) is 40.5 Å². The van der Waals surface area contributed by atoms with Crippen molar-refractivity contribution in [2.45, 2.75) is 137 Å². The van der Waals surface area contributed by atoms with Gasteiger partial charge in [0.05, 0.1) is 0 Å². The molecule has 0 nitrogen and oxygen atoms in total. The first kappa shape index (κ1) is 44.4. The summed E-state index contributed by atoms with van der Waals surface area (Å²) in [5.41, 5.74) is 15.7. The van der Waals surface area contributed by atoms with Crippen molar-refractivity contribution in [2.24, 2.45) is 29.1 Å². The van der Waals surface area contributed by atoms with E-state index in [2.05, 4.69) is 159 Å². The maximum atomic E-state index is 3.57. The van der Waals surface area contributed by atoms with Gasteiger partial charge in [0, 0.05) is 10.8 Å². The molecular weight excluding hydrogens is 811 g/mol. The monoisotopic (exact) mass is 872 g/mol. The molecule has 4 bridgehead atoms. The molecule has 4 aromatic carbocycles. The standard InChI is InChI=1S/C25H25.C18H25.C11H14.2ClH.Zr/c1-14-12-24(3,4)22-8-16-7-17-9-23-19(15(2)13-25(23,5)6)11-21(17)20(16)10-18(14)22;1-12-3-13(2)17(4-12)11-18-8-14-5-15(9-18)7-16(6-14)10-18;1-9-5-7-10(8-6-9)11(2,3)4;;;/h7-13H,1-6H3;4,12,14-16H,5-11H2,1-2H3;1,5-8H,2-4H3;2*1H;/q2*-1;;;;+2/p-2. The van der Waals surface area contributed by atoms with Crippen LogP contribution in [0.1, 0.15) is 154 Å². The van der Waals surface area contributed by atoms with Crippen LogP contribution in [-0.4, -0.2) is 3.71 Å². The minimum atomic E-state index is 0. The summed E-state index contributed by atoms with van der Waals surface area (Å²) < 4.78 is 2.21. The Morgan fingerprint density at radius 2 is 1.19 bits per heavy atom. The molecule has 0 radical (unpaired) electrons. The summed E-state index contributed by atoms with van der Waals surface area (Å²) in [6.45, 7) is 25.0. The quantitative estimate of drug-likeness (QED) is 0.181. The Morgan fingerprint density at radius 3 is 1.58 bits per heavy atom. The van der Waals surface area contributed by atoms with Crippen molar-refractivity contribution >= 4 is 36.4 Å². The average molecular weight is 875 g/mol. The molecule has 0 saturated heterocycles. The second kappa shape index (κ2) is 16.0. The molecule has 11 rings (SSSR count). The van der Waals surface area contributed by atoms with Gasteiger partial charge in [0.1, 0.15) is 0 Å². The van der Waals surface area contributed by atoms with Gasteiger partial charge < -0.3 is 24.8 Å². The molecule has 3 heteroatoms. The van der Waals surface area contributed by atoms with Crippen molar-refractivity contribution in [3.8, 4) is 0 Å². The minimum absolute atomic E-state index is 0. The molecule has 4 aromatic rings. The maximum absolute atomic E-state index is 3.57. The number of hydrogen-bond donors (Lipinski definition) is 0.